The van der Waals surface area contributed by atoms with Gasteiger partial charge in [-0.15, -0.1) is 0 Å². The molecule has 1 unspecified atom stereocenters. The van der Waals surface area contributed by atoms with Gasteiger partial charge in [-0.05, 0) is 62.3 Å². The molecule has 0 aromatic heterocycles. The third-order valence-electron chi connectivity index (χ3n) is 6.39. The minimum atomic E-state index is 0.367. The van der Waals surface area contributed by atoms with Gasteiger partial charge in [-0.1, -0.05) is 71.8 Å². The summed E-state index contributed by atoms with van der Waals surface area (Å²) in [6.07, 6.45) is 4.95. The average molecular weight is 412 g/mol. The van der Waals surface area contributed by atoms with Crippen molar-refractivity contribution in [2.45, 2.75) is 39.2 Å². The standard InChI is InChI=1S/C28H33N3/c1-21-8-12-23(13-9-21)18-19-31(20-29)27-7-5-4-6-26(27)30(3)28(25-16-17-25)24-14-10-22(2)11-15-24/h4-15,20,25,28-29H,16-19H2,1-3H3. The van der Waals surface area contributed by atoms with Crippen molar-refractivity contribution < 1.29 is 0 Å². The van der Waals surface area contributed by atoms with Crippen LogP contribution >= 0.6 is 0 Å². The molecular formula is C28H33N3. The minimum absolute atomic E-state index is 0.367. The van der Waals surface area contributed by atoms with Crippen molar-refractivity contribution in [3.63, 3.8) is 0 Å². The minimum Gasteiger partial charge on any atom is -0.366 e. The number of hydrogen-bond donors (Lipinski definition) is 1. The van der Waals surface area contributed by atoms with E-state index in [-0.39, 0.29) is 0 Å². The van der Waals surface area contributed by atoms with Crippen LogP contribution in [0.4, 0.5) is 11.4 Å². The maximum absolute atomic E-state index is 8.11. The molecule has 0 amide bonds. The highest BCUT2D eigenvalue weighted by atomic mass is 15.2. The molecule has 1 aliphatic carbocycles. The van der Waals surface area contributed by atoms with Gasteiger partial charge in [0.1, 0.15) is 0 Å². The zero-order valence-electron chi connectivity index (χ0n) is 18.9. The summed E-state index contributed by atoms with van der Waals surface area (Å²) in [5, 5.41) is 8.11. The van der Waals surface area contributed by atoms with Crippen molar-refractivity contribution in [1.82, 2.24) is 0 Å². The molecule has 3 aromatic carbocycles. The Hall–Kier alpha value is -3.07. The Morgan fingerprint density at radius 1 is 0.871 bits per heavy atom. The van der Waals surface area contributed by atoms with E-state index < -0.39 is 0 Å². The van der Waals surface area contributed by atoms with Crippen molar-refractivity contribution in [3.8, 4) is 0 Å². The zero-order chi connectivity index (χ0) is 21.8. The number of nitrogens with one attached hydrogen (secondary N) is 1. The number of para-hydroxylation sites is 2. The molecule has 3 aromatic rings. The molecule has 4 rings (SSSR count). The van der Waals surface area contributed by atoms with Crippen LogP contribution in [0.2, 0.25) is 0 Å². The summed E-state index contributed by atoms with van der Waals surface area (Å²) in [6, 6.07) is 26.6. The monoisotopic (exact) mass is 411 g/mol. The van der Waals surface area contributed by atoms with E-state index >= 15 is 0 Å². The second-order valence-corrected chi connectivity index (χ2v) is 8.85. The van der Waals surface area contributed by atoms with Crippen LogP contribution in [-0.4, -0.2) is 19.9 Å². The molecule has 3 heteroatoms. The van der Waals surface area contributed by atoms with E-state index in [9.17, 15) is 0 Å². The lowest BCUT2D eigenvalue weighted by Gasteiger charge is -2.34. The fourth-order valence-corrected chi connectivity index (χ4v) is 4.40. The predicted molar refractivity (Wildman–Crippen MR) is 133 cm³/mol. The Morgan fingerprint density at radius 3 is 2.03 bits per heavy atom. The second-order valence-electron chi connectivity index (χ2n) is 8.85. The average Bonchev–Trinajstić information content (AvgIpc) is 3.62. The first-order chi connectivity index (χ1) is 15.1. The summed E-state index contributed by atoms with van der Waals surface area (Å²) in [4.78, 5) is 4.50. The zero-order valence-corrected chi connectivity index (χ0v) is 18.9. The van der Waals surface area contributed by atoms with E-state index in [0.29, 0.717) is 12.0 Å². The number of benzene rings is 3. The fourth-order valence-electron chi connectivity index (χ4n) is 4.40. The fraction of sp³-hybridized carbons (Fsp3) is 0.321. The van der Waals surface area contributed by atoms with Gasteiger partial charge in [0.2, 0.25) is 0 Å². The molecule has 0 heterocycles. The van der Waals surface area contributed by atoms with Gasteiger partial charge in [0, 0.05) is 13.6 Å². The second kappa shape index (κ2) is 9.38. The van der Waals surface area contributed by atoms with Gasteiger partial charge in [-0.2, -0.15) is 0 Å². The molecule has 3 nitrogen and oxygen atoms in total. The van der Waals surface area contributed by atoms with Crippen LogP contribution in [0.5, 0.6) is 0 Å². The molecule has 31 heavy (non-hydrogen) atoms. The third-order valence-corrected chi connectivity index (χ3v) is 6.39. The molecular weight excluding hydrogens is 378 g/mol. The van der Waals surface area contributed by atoms with E-state index in [4.69, 9.17) is 5.41 Å². The molecule has 0 radical (unpaired) electrons. The van der Waals surface area contributed by atoms with Gasteiger partial charge >= 0.3 is 0 Å². The molecule has 160 valence electrons. The van der Waals surface area contributed by atoms with Crippen molar-refractivity contribution in [3.05, 3.63) is 95.1 Å². The third kappa shape index (κ3) is 4.99. The van der Waals surface area contributed by atoms with Crippen molar-refractivity contribution in [2.75, 3.05) is 23.4 Å². The summed E-state index contributed by atoms with van der Waals surface area (Å²) in [5.74, 6) is 0.696. The van der Waals surface area contributed by atoms with Crippen molar-refractivity contribution in [2.24, 2.45) is 5.92 Å². The summed E-state index contributed by atoms with van der Waals surface area (Å²) >= 11 is 0. The van der Waals surface area contributed by atoms with Gasteiger partial charge < -0.3 is 9.80 Å². The van der Waals surface area contributed by atoms with Crippen molar-refractivity contribution in [1.29, 1.82) is 5.41 Å². The normalized spacial score (nSPS) is 14.2. The molecule has 0 bridgehead atoms. The summed E-state index contributed by atoms with van der Waals surface area (Å²) < 4.78 is 0. The molecule has 0 spiro atoms. The number of aryl methyl sites for hydroxylation is 2. The van der Waals surface area contributed by atoms with Gasteiger partial charge in [0.05, 0.1) is 23.8 Å². The Bertz CT molecular complexity index is 1000. The lowest BCUT2D eigenvalue weighted by molar-refractivity contribution is 0.593. The molecule has 1 N–H and O–H groups in total. The summed E-state index contributed by atoms with van der Waals surface area (Å²) in [5.41, 5.74) is 7.55. The Labute approximate surface area is 186 Å². The SMILES string of the molecule is Cc1ccc(CCN(C=N)c2ccccc2N(C)C(c2ccc(C)cc2)C2CC2)cc1. The highest BCUT2D eigenvalue weighted by molar-refractivity contribution is 5.85. The quantitative estimate of drug-likeness (QED) is 0.320. The van der Waals surface area contributed by atoms with Crippen LogP contribution in [0, 0.1) is 25.2 Å². The summed E-state index contributed by atoms with van der Waals surface area (Å²) in [7, 11) is 2.21. The molecule has 0 saturated heterocycles. The molecule has 1 aliphatic rings. The lowest BCUT2D eigenvalue weighted by atomic mass is 9.99. The van der Waals surface area contributed by atoms with Crippen LogP contribution in [0.1, 0.15) is 41.1 Å². The van der Waals surface area contributed by atoms with Crippen LogP contribution in [0.15, 0.2) is 72.8 Å². The first-order valence-electron chi connectivity index (χ1n) is 11.3. The van der Waals surface area contributed by atoms with Gasteiger partial charge in [0.15, 0.2) is 0 Å². The van der Waals surface area contributed by atoms with Crippen molar-refractivity contribution >= 4 is 17.7 Å². The Balaban J connectivity index is 1.59. The summed E-state index contributed by atoms with van der Waals surface area (Å²) in [6.45, 7) is 5.05. The maximum atomic E-state index is 8.11. The van der Waals surface area contributed by atoms with Crippen LogP contribution < -0.4 is 9.80 Å². The lowest BCUT2D eigenvalue weighted by Crippen LogP contribution is -2.30. The van der Waals surface area contributed by atoms with Crippen LogP contribution in [-0.2, 0) is 6.42 Å². The van der Waals surface area contributed by atoms with E-state index in [1.165, 1.54) is 47.1 Å². The number of rotatable bonds is 9. The predicted octanol–water partition coefficient (Wildman–Crippen LogP) is 6.55. The van der Waals surface area contributed by atoms with Gasteiger partial charge in [-0.25, -0.2) is 0 Å². The largest absolute Gasteiger partial charge is 0.366 e. The number of anilines is 2. The molecule has 1 fully saturated rings. The molecule has 1 saturated carbocycles. The van der Waals surface area contributed by atoms with Crippen LogP contribution in [0.25, 0.3) is 0 Å². The van der Waals surface area contributed by atoms with E-state index in [1.807, 2.05) is 0 Å². The van der Waals surface area contributed by atoms with E-state index in [1.54, 1.807) is 0 Å². The Morgan fingerprint density at radius 2 is 1.45 bits per heavy atom. The van der Waals surface area contributed by atoms with E-state index in [2.05, 4.69) is 103 Å². The van der Waals surface area contributed by atoms with Gasteiger partial charge in [-0.3, -0.25) is 5.41 Å². The topological polar surface area (TPSA) is 30.3 Å². The first-order valence-corrected chi connectivity index (χ1v) is 11.3. The highest BCUT2D eigenvalue weighted by Crippen LogP contribution is 2.47. The van der Waals surface area contributed by atoms with E-state index in [0.717, 1.165) is 18.7 Å². The highest BCUT2D eigenvalue weighted by Gasteiger charge is 2.36. The molecule has 1 atom stereocenters. The first kappa shape index (κ1) is 21.2. The number of hydrogen-bond acceptors (Lipinski definition) is 2. The van der Waals surface area contributed by atoms with Crippen LogP contribution in [0.3, 0.4) is 0 Å². The molecule has 0 aliphatic heterocycles. The maximum Gasteiger partial charge on any atom is 0.0862 e. The smallest absolute Gasteiger partial charge is 0.0862 e. The van der Waals surface area contributed by atoms with Gasteiger partial charge in [0.25, 0.3) is 0 Å². The number of nitrogens with zero attached hydrogens (tertiary/aromatic N) is 2. The Kier molecular flexibility index (Phi) is 6.41.